The highest BCUT2D eigenvalue weighted by Gasteiger charge is 2.19. The average molecular weight is 480 g/mol. The summed E-state index contributed by atoms with van der Waals surface area (Å²) in [5.74, 6) is -0.882. The van der Waals surface area contributed by atoms with Gasteiger partial charge in [-0.25, -0.2) is 4.79 Å². The van der Waals surface area contributed by atoms with Crippen LogP contribution < -0.4 is 10.6 Å². The van der Waals surface area contributed by atoms with Crippen LogP contribution in [0.25, 0.3) is 11.1 Å². The minimum atomic E-state index is -0.685. The molecule has 0 unspecified atom stereocenters. The fourth-order valence-electron chi connectivity index (χ4n) is 3.23. The van der Waals surface area contributed by atoms with Crippen LogP contribution in [-0.4, -0.2) is 28.4 Å². The maximum absolute atomic E-state index is 12.8. The zero-order valence-electron chi connectivity index (χ0n) is 19.4. The second-order valence-electron chi connectivity index (χ2n) is 8.68. The van der Waals surface area contributed by atoms with Crippen LogP contribution >= 0.6 is 11.6 Å². The van der Waals surface area contributed by atoms with Crippen molar-refractivity contribution in [2.75, 3.05) is 10.6 Å². The van der Waals surface area contributed by atoms with Gasteiger partial charge in [0.2, 0.25) is 5.91 Å². The number of amides is 2. The number of ketones is 1. The highest BCUT2D eigenvalue weighted by molar-refractivity contribution is 6.31. The summed E-state index contributed by atoms with van der Waals surface area (Å²) in [4.78, 5) is 41.9. The third-order valence-electron chi connectivity index (χ3n) is 4.71. The third kappa shape index (κ3) is 6.89. The van der Waals surface area contributed by atoms with E-state index in [1.165, 1.54) is 6.07 Å². The fourth-order valence-corrected chi connectivity index (χ4v) is 3.41. The van der Waals surface area contributed by atoms with E-state index in [9.17, 15) is 14.4 Å². The number of nitrogens with one attached hydrogen (secondary N) is 2. The van der Waals surface area contributed by atoms with Gasteiger partial charge >= 0.3 is 6.09 Å². The molecule has 0 bridgehead atoms. The molecule has 0 saturated heterocycles. The molecule has 3 aromatic rings. The first-order valence-electron chi connectivity index (χ1n) is 10.7. The van der Waals surface area contributed by atoms with Crippen LogP contribution in [0.3, 0.4) is 0 Å². The lowest BCUT2D eigenvalue weighted by Gasteiger charge is -2.20. The van der Waals surface area contributed by atoms with Crippen LogP contribution in [0, 0.1) is 6.92 Å². The molecular formula is C26H26ClN3O4. The predicted molar refractivity (Wildman–Crippen MR) is 133 cm³/mol. The molecule has 0 aliphatic carbocycles. The molecule has 176 valence electrons. The quantitative estimate of drug-likeness (QED) is 0.321. The third-order valence-corrected chi connectivity index (χ3v) is 4.95. The molecule has 0 spiro atoms. The second-order valence-corrected chi connectivity index (χ2v) is 9.12. The highest BCUT2D eigenvalue weighted by Crippen LogP contribution is 2.27. The van der Waals surface area contributed by atoms with Gasteiger partial charge in [-0.05, 0) is 63.6 Å². The SMILES string of the molecule is Cc1ncccc1-c1cccc(C(=O)CC(=O)Nc2cc(Cl)ccc2NC(=O)OC(C)(C)C)c1. The zero-order chi connectivity index (χ0) is 24.9. The van der Waals surface area contributed by atoms with Crippen molar-refractivity contribution >= 4 is 40.8 Å². The van der Waals surface area contributed by atoms with Crippen molar-refractivity contribution in [3.05, 3.63) is 77.1 Å². The Morgan fingerprint density at radius 1 is 0.971 bits per heavy atom. The molecule has 1 heterocycles. The van der Waals surface area contributed by atoms with Gasteiger partial charge in [-0.15, -0.1) is 0 Å². The Bertz CT molecular complexity index is 1230. The van der Waals surface area contributed by atoms with Gasteiger partial charge < -0.3 is 10.1 Å². The summed E-state index contributed by atoms with van der Waals surface area (Å²) in [7, 11) is 0. The smallest absolute Gasteiger partial charge is 0.412 e. The minimum Gasteiger partial charge on any atom is -0.444 e. The van der Waals surface area contributed by atoms with Crippen molar-refractivity contribution < 1.29 is 19.1 Å². The number of nitrogens with zero attached hydrogens (tertiary/aromatic N) is 1. The zero-order valence-corrected chi connectivity index (χ0v) is 20.2. The van der Waals surface area contributed by atoms with E-state index in [1.54, 1.807) is 57.3 Å². The van der Waals surface area contributed by atoms with Gasteiger partial charge in [-0.3, -0.25) is 19.9 Å². The predicted octanol–water partition coefficient (Wildman–Crippen LogP) is 6.27. The van der Waals surface area contributed by atoms with Crippen LogP contribution in [0.1, 0.15) is 43.2 Å². The number of halogens is 1. The van der Waals surface area contributed by atoms with Gasteiger partial charge in [0.1, 0.15) is 5.60 Å². The maximum Gasteiger partial charge on any atom is 0.412 e. The number of pyridine rings is 1. The minimum absolute atomic E-state index is 0.260. The lowest BCUT2D eigenvalue weighted by molar-refractivity contribution is -0.115. The number of Topliss-reactive ketones (excluding diaryl/α,β-unsaturated/α-hetero) is 1. The van der Waals surface area contributed by atoms with Gasteiger partial charge in [0.05, 0.1) is 17.8 Å². The van der Waals surface area contributed by atoms with Crippen molar-refractivity contribution in [1.29, 1.82) is 0 Å². The van der Waals surface area contributed by atoms with Crippen molar-refractivity contribution in [3.8, 4) is 11.1 Å². The molecule has 0 aliphatic rings. The number of benzene rings is 2. The highest BCUT2D eigenvalue weighted by atomic mass is 35.5. The van der Waals surface area contributed by atoms with Gasteiger partial charge in [0.25, 0.3) is 0 Å². The Morgan fingerprint density at radius 2 is 1.74 bits per heavy atom. The van der Waals surface area contributed by atoms with Crippen LogP contribution in [0.5, 0.6) is 0 Å². The van der Waals surface area contributed by atoms with Crippen LogP contribution in [0.2, 0.25) is 5.02 Å². The van der Waals surface area contributed by atoms with E-state index < -0.39 is 17.6 Å². The fraction of sp³-hybridized carbons (Fsp3) is 0.231. The molecule has 2 aromatic carbocycles. The normalized spacial score (nSPS) is 11.0. The van der Waals surface area contributed by atoms with E-state index in [0.717, 1.165) is 16.8 Å². The van der Waals surface area contributed by atoms with Crippen molar-refractivity contribution in [2.24, 2.45) is 0 Å². The molecule has 7 nitrogen and oxygen atoms in total. The Morgan fingerprint density at radius 3 is 2.44 bits per heavy atom. The molecule has 1 aromatic heterocycles. The van der Waals surface area contributed by atoms with E-state index in [1.807, 2.05) is 25.1 Å². The summed E-state index contributed by atoms with van der Waals surface area (Å²) >= 11 is 6.07. The number of hydrogen-bond donors (Lipinski definition) is 2. The molecule has 8 heteroatoms. The lowest BCUT2D eigenvalue weighted by Crippen LogP contribution is -2.27. The first-order valence-corrected chi connectivity index (χ1v) is 11.0. The number of rotatable bonds is 6. The first-order chi connectivity index (χ1) is 16.0. The van der Waals surface area contributed by atoms with E-state index >= 15 is 0 Å². The number of aromatic nitrogens is 1. The average Bonchev–Trinajstić information content (AvgIpc) is 2.74. The Kier molecular flexibility index (Phi) is 7.68. The molecular weight excluding hydrogens is 454 g/mol. The van der Waals surface area contributed by atoms with Gasteiger partial charge in [0.15, 0.2) is 5.78 Å². The lowest BCUT2D eigenvalue weighted by atomic mass is 9.99. The maximum atomic E-state index is 12.8. The molecule has 2 amide bonds. The van der Waals surface area contributed by atoms with Crippen molar-refractivity contribution in [2.45, 2.75) is 39.7 Å². The summed E-state index contributed by atoms with van der Waals surface area (Å²) in [6.07, 6.45) is 0.650. The standard InChI is InChI=1S/C26H26ClN3O4/c1-16-20(9-6-12-28-16)17-7-5-8-18(13-17)23(31)15-24(32)29-22-14-19(27)10-11-21(22)30-25(33)34-26(2,3)4/h5-14H,15H2,1-4H3,(H,29,32)(H,30,33). The largest absolute Gasteiger partial charge is 0.444 e. The van der Waals surface area contributed by atoms with Crippen molar-refractivity contribution in [1.82, 2.24) is 4.98 Å². The second kappa shape index (κ2) is 10.5. The molecule has 34 heavy (non-hydrogen) atoms. The van der Waals surface area contributed by atoms with Gasteiger partial charge in [-0.2, -0.15) is 0 Å². The van der Waals surface area contributed by atoms with Crippen LogP contribution in [-0.2, 0) is 9.53 Å². The summed E-state index contributed by atoms with van der Waals surface area (Å²) in [6.45, 7) is 7.12. The van der Waals surface area contributed by atoms with Gasteiger partial charge in [0, 0.05) is 28.0 Å². The summed E-state index contributed by atoms with van der Waals surface area (Å²) in [6, 6.07) is 15.4. The van der Waals surface area contributed by atoms with Crippen LogP contribution in [0.15, 0.2) is 60.8 Å². The number of anilines is 2. The Hall–Kier alpha value is -3.71. The van der Waals surface area contributed by atoms with Gasteiger partial charge in [-0.1, -0.05) is 35.9 Å². The number of ether oxygens (including phenoxy) is 1. The summed E-state index contributed by atoms with van der Waals surface area (Å²) in [5.41, 5.74) is 2.89. The molecule has 0 radical (unpaired) electrons. The molecule has 0 atom stereocenters. The number of carbonyl (C=O) groups is 3. The monoisotopic (exact) mass is 479 g/mol. The number of carbonyl (C=O) groups excluding carboxylic acids is 3. The number of aryl methyl sites for hydroxylation is 1. The summed E-state index contributed by atoms with van der Waals surface area (Å²) in [5, 5.41) is 5.60. The van der Waals surface area contributed by atoms with Crippen molar-refractivity contribution in [3.63, 3.8) is 0 Å². The van der Waals surface area contributed by atoms with E-state index in [2.05, 4.69) is 15.6 Å². The van der Waals surface area contributed by atoms with E-state index in [-0.39, 0.29) is 17.9 Å². The Labute approximate surface area is 203 Å². The molecule has 0 saturated carbocycles. The molecule has 0 aliphatic heterocycles. The molecule has 3 rings (SSSR count). The van der Waals surface area contributed by atoms with Crippen LogP contribution in [0.4, 0.5) is 16.2 Å². The number of hydrogen-bond acceptors (Lipinski definition) is 5. The van der Waals surface area contributed by atoms with E-state index in [0.29, 0.717) is 16.3 Å². The molecule has 2 N–H and O–H groups in total. The Balaban J connectivity index is 1.72. The first kappa shape index (κ1) is 24.9. The summed E-state index contributed by atoms with van der Waals surface area (Å²) < 4.78 is 5.26. The van der Waals surface area contributed by atoms with E-state index in [4.69, 9.17) is 16.3 Å². The topological polar surface area (TPSA) is 97.4 Å². The molecule has 0 fully saturated rings.